The Hall–Kier alpha value is -0.660. The van der Waals surface area contributed by atoms with Gasteiger partial charge in [-0.25, -0.2) is 12.7 Å². The van der Waals surface area contributed by atoms with Crippen LogP contribution in [0.4, 0.5) is 0 Å². The van der Waals surface area contributed by atoms with Crippen molar-refractivity contribution >= 4 is 15.9 Å². The summed E-state index contributed by atoms with van der Waals surface area (Å²) in [6.07, 6.45) is 5.49. The number of hydrogen-bond acceptors (Lipinski definition) is 4. The predicted octanol–water partition coefficient (Wildman–Crippen LogP) is 0.162. The van der Waals surface area contributed by atoms with E-state index in [1.54, 1.807) is 0 Å². The Morgan fingerprint density at radius 1 is 1.38 bits per heavy atom. The number of amides is 1. The van der Waals surface area contributed by atoms with Crippen LogP contribution in [0.3, 0.4) is 0 Å². The second-order valence-corrected chi connectivity index (χ2v) is 8.12. The van der Waals surface area contributed by atoms with Crippen LogP contribution < -0.4 is 10.6 Å². The lowest BCUT2D eigenvalue weighted by molar-refractivity contribution is -0.123. The fraction of sp³-hybridized carbons (Fsp3) is 0.929. The molecule has 1 saturated heterocycles. The molecular weight excluding hydrogens is 290 g/mol. The zero-order chi connectivity index (χ0) is 15.5. The molecule has 0 aromatic carbocycles. The van der Waals surface area contributed by atoms with Crippen molar-refractivity contribution in [2.24, 2.45) is 11.8 Å². The number of sulfonamides is 1. The Balaban J connectivity index is 1.70. The van der Waals surface area contributed by atoms with E-state index in [2.05, 4.69) is 10.6 Å². The largest absolute Gasteiger partial charge is 0.355 e. The van der Waals surface area contributed by atoms with Crippen molar-refractivity contribution < 1.29 is 13.2 Å². The summed E-state index contributed by atoms with van der Waals surface area (Å²) < 4.78 is 24.3. The Morgan fingerprint density at radius 2 is 2.14 bits per heavy atom. The maximum absolute atomic E-state index is 12.2. The second kappa shape index (κ2) is 7.07. The van der Waals surface area contributed by atoms with Crippen LogP contribution in [0.15, 0.2) is 0 Å². The lowest BCUT2D eigenvalue weighted by atomic mass is 9.93. The third-order valence-corrected chi connectivity index (χ3v) is 6.11. The van der Waals surface area contributed by atoms with Crippen LogP contribution in [0.2, 0.25) is 0 Å². The third-order valence-electron chi connectivity index (χ3n) is 4.73. The molecule has 3 atom stereocenters. The first kappa shape index (κ1) is 16.7. The SMILES string of the molecule is CCN(CCCNC(=O)C1NCC2CCCC21)S(C)(=O)=O. The van der Waals surface area contributed by atoms with Crippen molar-refractivity contribution in [3.63, 3.8) is 0 Å². The molecule has 0 spiro atoms. The van der Waals surface area contributed by atoms with E-state index in [0.717, 1.165) is 13.0 Å². The molecule has 2 fully saturated rings. The van der Waals surface area contributed by atoms with E-state index in [4.69, 9.17) is 0 Å². The summed E-state index contributed by atoms with van der Waals surface area (Å²) in [5, 5.41) is 6.27. The molecule has 0 aromatic heterocycles. The van der Waals surface area contributed by atoms with E-state index >= 15 is 0 Å². The maximum atomic E-state index is 12.2. The number of nitrogens with zero attached hydrogens (tertiary/aromatic N) is 1. The van der Waals surface area contributed by atoms with Crippen LogP contribution in [-0.2, 0) is 14.8 Å². The topological polar surface area (TPSA) is 78.5 Å². The van der Waals surface area contributed by atoms with E-state index in [0.29, 0.717) is 37.9 Å². The van der Waals surface area contributed by atoms with Crippen LogP contribution >= 0.6 is 0 Å². The van der Waals surface area contributed by atoms with Gasteiger partial charge in [0.05, 0.1) is 12.3 Å². The standard InChI is InChI=1S/C14H27N3O3S/c1-3-17(21(2,19)20)9-5-8-15-14(18)13-12-7-4-6-11(12)10-16-13/h11-13,16H,3-10H2,1-2H3,(H,15,18). The normalized spacial score (nSPS) is 28.8. The summed E-state index contributed by atoms with van der Waals surface area (Å²) in [5.41, 5.74) is 0. The number of carbonyl (C=O) groups is 1. The van der Waals surface area contributed by atoms with Crippen molar-refractivity contribution in [2.45, 2.75) is 38.6 Å². The van der Waals surface area contributed by atoms with E-state index in [-0.39, 0.29) is 11.9 Å². The monoisotopic (exact) mass is 317 g/mol. The fourth-order valence-corrected chi connectivity index (χ4v) is 4.54. The van der Waals surface area contributed by atoms with Gasteiger partial charge in [-0.15, -0.1) is 0 Å². The average molecular weight is 317 g/mol. The van der Waals surface area contributed by atoms with Gasteiger partial charge in [-0.05, 0) is 37.6 Å². The summed E-state index contributed by atoms with van der Waals surface area (Å²) in [7, 11) is -3.13. The number of nitrogens with one attached hydrogen (secondary N) is 2. The van der Waals surface area contributed by atoms with Crippen molar-refractivity contribution in [1.29, 1.82) is 0 Å². The summed E-state index contributed by atoms with van der Waals surface area (Å²) in [4.78, 5) is 12.2. The van der Waals surface area contributed by atoms with Gasteiger partial charge in [0, 0.05) is 19.6 Å². The minimum Gasteiger partial charge on any atom is -0.355 e. The molecule has 2 N–H and O–H groups in total. The van der Waals surface area contributed by atoms with Crippen molar-refractivity contribution in [2.75, 3.05) is 32.4 Å². The summed E-state index contributed by atoms with van der Waals surface area (Å²) in [6.45, 7) is 4.24. The van der Waals surface area contributed by atoms with Gasteiger partial charge in [-0.3, -0.25) is 4.79 Å². The molecule has 2 rings (SSSR count). The Labute approximate surface area is 127 Å². The van der Waals surface area contributed by atoms with E-state index < -0.39 is 10.0 Å². The third kappa shape index (κ3) is 4.17. The number of hydrogen-bond donors (Lipinski definition) is 2. The molecule has 1 heterocycles. The molecule has 1 aliphatic heterocycles. The summed E-state index contributed by atoms with van der Waals surface area (Å²) in [6, 6.07) is -0.0466. The molecular formula is C14H27N3O3S. The first-order valence-electron chi connectivity index (χ1n) is 7.89. The highest BCUT2D eigenvalue weighted by Gasteiger charge is 2.42. The lowest BCUT2D eigenvalue weighted by Gasteiger charge is -2.19. The van der Waals surface area contributed by atoms with Gasteiger partial charge in [0.2, 0.25) is 15.9 Å². The lowest BCUT2D eigenvalue weighted by Crippen LogP contribution is -2.44. The first-order chi connectivity index (χ1) is 9.93. The molecule has 6 nitrogen and oxygen atoms in total. The van der Waals surface area contributed by atoms with Crippen LogP contribution in [0, 0.1) is 11.8 Å². The van der Waals surface area contributed by atoms with Gasteiger partial charge in [0.25, 0.3) is 0 Å². The van der Waals surface area contributed by atoms with E-state index in [9.17, 15) is 13.2 Å². The molecule has 1 saturated carbocycles. The number of rotatable bonds is 7. The van der Waals surface area contributed by atoms with Gasteiger partial charge < -0.3 is 10.6 Å². The molecule has 3 unspecified atom stereocenters. The minimum absolute atomic E-state index is 0.0466. The highest BCUT2D eigenvalue weighted by molar-refractivity contribution is 7.88. The minimum atomic E-state index is -3.13. The van der Waals surface area contributed by atoms with Crippen LogP contribution in [0.5, 0.6) is 0 Å². The molecule has 1 amide bonds. The Kier molecular flexibility index (Phi) is 5.62. The van der Waals surface area contributed by atoms with Crippen LogP contribution in [0.1, 0.15) is 32.6 Å². The molecule has 122 valence electrons. The quantitative estimate of drug-likeness (QED) is 0.656. The molecule has 7 heteroatoms. The van der Waals surface area contributed by atoms with Crippen LogP contribution in [-0.4, -0.2) is 57.1 Å². The number of fused-ring (bicyclic) bond motifs is 1. The zero-order valence-corrected chi connectivity index (χ0v) is 13.8. The van der Waals surface area contributed by atoms with E-state index in [1.807, 2.05) is 6.92 Å². The van der Waals surface area contributed by atoms with Gasteiger partial charge in [0.1, 0.15) is 0 Å². The van der Waals surface area contributed by atoms with Gasteiger partial charge >= 0.3 is 0 Å². The molecule has 0 bridgehead atoms. The Bertz CT molecular complexity index is 466. The van der Waals surface area contributed by atoms with Gasteiger partial charge in [-0.1, -0.05) is 13.3 Å². The highest BCUT2D eigenvalue weighted by atomic mass is 32.2. The molecule has 21 heavy (non-hydrogen) atoms. The van der Waals surface area contributed by atoms with Crippen LogP contribution in [0.25, 0.3) is 0 Å². The summed E-state index contributed by atoms with van der Waals surface area (Å²) >= 11 is 0. The molecule has 2 aliphatic rings. The van der Waals surface area contributed by atoms with Gasteiger partial charge in [0.15, 0.2) is 0 Å². The fourth-order valence-electron chi connectivity index (χ4n) is 3.61. The van der Waals surface area contributed by atoms with Gasteiger partial charge in [-0.2, -0.15) is 0 Å². The highest BCUT2D eigenvalue weighted by Crippen LogP contribution is 2.37. The van der Waals surface area contributed by atoms with Crippen molar-refractivity contribution in [3.05, 3.63) is 0 Å². The maximum Gasteiger partial charge on any atom is 0.237 e. The molecule has 1 aliphatic carbocycles. The van der Waals surface area contributed by atoms with E-state index in [1.165, 1.54) is 23.4 Å². The average Bonchev–Trinajstić information content (AvgIpc) is 2.98. The predicted molar refractivity (Wildman–Crippen MR) is 82.3 cm³/mol. The number of carbonyl (C=O) groups excluding carboxylic acids is 1. The molecule has 0 radical (unpaired) electrons. The molecule has 0 aromatic rings. The first-order valence-corrected chi connectivity index (χ1v) is 9.74. The second-order valence-electron chi connectivity index (χ2n) is 6.14. The smallest absolute Gasteiger partial charge is 0.237 e. The Morgan fingerprint density at radius 3 is 2.81 bits per heavy atom. The van der Waals surface area contributed by atoms with Crippen molar-refractivity contribution in [1.82, 2.24) is 14.9 Å². The van der Waals surface area contributed by atoms with Crippen molar-refractivity contribution in [3.8, 4) is 0 Å². The summed E-state index contributed by atoms with van der Waals surface area (Å²) in [5.74, 6) is 1.24. The zero-order valence-electron chi connectivity index (χ0n) is 13.0.